The van der Waals surface area contributed by atoms with E-state index in [0.29, 0.717) is 5.56 Å². The Morgan fingerprint density at radius 3 is 2.43 bits per heavy atom. The van der Waals surface area contributed by atoms with Gasteiger partial charge in [-0.05, 0) is 31.4 Å². The molecule has 21 heavy (non-hydrogen) atoms. The smallest absolute Gasteiger partial charge is 0.293 e. The first-order valence-electron chi connectivity index (χ1n) is 6.77. The zero-order valence-electron chi connectivity index (χ0n) is 12.1. The highest BCUT2D eigenvalue weighted by molar-refractivity contribution is 7.89. The SMILES string of the molecule is Cc1cc(N)c([N+](=O)[O-])cc1S(=O)(=O)N(C)C1CCCC1. The third kappa shape index (κ3) is 2.86. The van der Waals surface area contributed by atoms with E-state index in [1.165, 1.54) is 17.4 Å². The van der Waals surface area contributed by atoms with Crippen LogP contribution in [0.4, 0.5) is 11.4 Å². The van der Waals surface area contributed by atoms with Gasteiger partial charge >= 0.3 is 0 Å². The van der Waals surface area contributed by atoms with Crippen molar-refractivity contribution in [2.45, 2.75) is 43.5 Å². The summed E-state index contributed by atoms with van der Waals surface area (Å²) in [6.07, 6.45) is 3.66. The maximum Gasteiger partial charge on any atom is 0.293 e. The molecule has 116 valence electrons. The number of nitro benzene ring substituents is 1. The van der Waals surface area contributed by atoms with Crippen LogP contribution >= 0.6 is 0 Å². The van der Waals surface area contributed by atoms with Crippen LogP contribution in [0.15, 0.2) is 17.0 Å². The van der Waals surface area contributed by atoms with Gasteiger partial charge in [0, 0.05) is 19.2 Å². The van der Waals surface area contributed by atoms with Gasteiger partial charge in [-0.3, -0.25) is 10.1 Å². The van der Waals surface area contributed by atoms with Crippen LogP contribution in [0.5, 0.6) is 0 Å². The first-order chi connectivity index (χ1) is 9.75. The van der Waals surface area contributed by atoms with Gasteiger partial charge in [0.2, 0.25) is 10.0 Å². The Bertz CT molecular complexity index is 666. The minimum Gasteiger partial charge on any atom is -0.393 e. The summed E-state index contributed by atoms with van der Waals surface area (Å²) in [5, 5.41) is 11.0. The quantitative estimate of drug-likeness (QED) is 0.520. The minimum absolute atomic E-state index is 0.0278. The van der Waals surface area contributed by atoms with Crippen LogP contribution in [0.3, 0.4) is 0 Å². The molecule has 0 radical (unpaired) electrons. The Balaban J connectivity index is 2.48. The van der Waals surface area contributed by atoms with Crippen molar-refractivity contribution in [1.82, 2.24) is 4.31 Å². The number of nitrogen functional groups attached to an aromatic ring is 1. The summed E-state index contributed by atoms with van der Waals surface area (Å²) in [6.45, 7) is 1.59. The van der Waals surface area contributed by atoms with E-state index in [-0.39, 0.29) is 22.3 Å². The highest BCUT2D eigenvalue weighted by Gasteiger charge is 2.32. The lowest BCUT2D eigenvalue weighted by Gasteiger charge is -2.24. The van der Waals surface area contributed by atoms with Crippen molar-refractivity contribution < 1.29 is 13.3 Å². The lowest BCUT2D eigenvalue weighted by molar-refractivity contribution is -0.384. The third-order valence-corrected chi connectivity index (χ3v) is 6.07. The molecule has 0 unspecified atom stereocenters. The predicted octanol–water partition coefficient (Wildman–Crippen LogP) is 2.05. The number of hydrogen-bond acceptors (Lipinski definition) is 5. The minimum atomic E-state index is -3.75. The van der Waals surface area contributed by atoms with Crippen molar-refractivity contribution in [1.29, 1.82) is 0 Å². The van der Waals surface area contributed by atoms with Crippen molar-refractivity contribution in [3.05, 3.63) is 27.8 Å². The van der Waals surface area contributed by atoms with Crippen LogP contribution in [-0.4, -0.2) is 30.7 Å². The number of hydrogen-bond donors (Lipinski definition) is 1. The molecule has 0 atom stereocenters. The largest absolute Gasteiger partial charge is 0.393 e. The van der Waals surface area contributed by atoms with E-state index in [0.717, 1.165) is 31.7 Å². The van der Waals surface area contributed by atoms with Crippen LogP contribution in [0.1, 0.15) is 31.2 Å². The Kier molecular flexibility index (Phi) is 4.20. The van der Waals surface area contributed by atoms with Gasteiger partial charge < -0.3 is 5.73 Å². The molecule has 8 heteroatoms. The van der Waals surface area contributed by atoms with Gasteiger partial charge in [0.05, 0.1) is 9.82 Å². The fraction of sp³-hybridized carbons (Fsp3) is 0.538. The maximum absolute atomic E-state index is 12.7. The number of rotatable bonds is 4. The maximum atomic E-state index is 12.7. The van der Waals surface area contributed by atoms with Gasteiger partial charge in [0.15, 0.2) is 0 Å². The van der Waals surface area contributed by atoms with Gasteiger partial charge in [-0.2, -0.15) is 4.31 Å². The standard InChI is InChI=1S/C13H19N3O4S/c1-9-7-11(14)12(16(17)18)8-13(9)21(19,20)15(2)10-5-3-4-6-10/h7-8,10H,3-6,14H2,1-2H3. The van der Waals surface area contributed by atoms with Crippen LogP contribution in [0.25, 0.3) is 0 Å². The van der Waals surface area contributed by atoms with E-state index < -0.39 is 14.9 Å². The highest BCUT2D eigenvalue weighted by Crippen LogP contribution is 2.32. The summed E-state index contributed by atoms with van der Waals surface area (Å²) in [6, 6.07) is 2.37. The van der Waals surface area contributed by atoms with E-state index in [2.05, 4.69) is 0 Å². The van der Waals surface area contributed by atoms with Gasteiger partial charge in [-0.15, -0.1) is 0 Å². The molecule has 0 spiro atoms. The number of nitrogens with two attached hydrogens (primary N) is 1. The monoisotopic (exact) mass is 313 g/mol. The molecule has 1 aromatic rings. The summed E-state index contributed by atoms with van der Waals surface area (Å²) < 4.78 is 26.7. The second-order valence-corrected chi connectivity index (χ2v) is 7.36. The fourth-order valence-electron chi connectivity index (χ4n) is 2.75. The second kappa shape index (κ2) is 5.61. The van der Waals surface area contributed by atoms with E-state index in [1.807, 2.05) is 0 Å². The lowest BCUT2D eigenvalue weighted by Crippen LogP contribution is -2.35. The zero-order valence-corrected chi connectivity index (χ0v) is 12.9. The number of nitro groups is 1. The highest BCUT2D eigenvalue weighted by atomic mass is 32.2. The van der Waals surface area contributed by atoms with Gasteiger partial charge in [-0.25, -0.2) is 8.42 Å². The van der Waals surface area contributed by atoms with Crippen LogP contribution < -0.4 is 5.73 Å². The molecule has 0 heterocycles. The van der Waals surface area contributed by atoms with Gasteiger partial charge in [0.25, 0.3) is 5.69 Å². The van der Waals surface area contributed by atoms with E-state index in [9.17, 15) is 18.5 Å². The second-order valence-electron chi connectivity index (χ2n) is 5.39. The molecule has 1 fully saturated rings. The van der Waals surface area contributed by atoms with Crippen LogP contribution in [0.2, 0.25) is 0 Å². The van der Waals surface area contributed by atoms with Crippen LogP contribution in [0, 0.1) is 17.0 Å². The van der Waals surface area contributed by atoms with Crippen LogP contribution in [-0.2, 0) is 10.0 Å². The Hall–Kier alpha value is -1.67. The fourth-order valence-corrected chi connectivity index (χ4v) is 4.39. The van der Waals surface area contributed by atoms with E-state index >= 15 is 0 Å². The molecule has 7 nitrogen and oxygen atoms in total. The first-order valence-corrected chi connectivity index (χ1v) is 8.21. The molecule has 0 aliphatic heterocycles. The van der Waals surface area contributed by atoms with Crippen molar-refractivity contribution in [2.75, 3.05) is 12.8 Å². The molecule has 1 aliphatic carbocycles. The van der Waals surface area contributed by atoms with E-state index in [1.54, 1.807) is 6.92 Å². The molecular weight excluding hydrogens is 294 g/mol. The summed E-state index contributed by atoms with van der Waals surface area (Å²) in [5.41, 5.74) is 5.60. The average Bonchev–Trinajstić information content (AvgIpc) is 2.90. The molecule has 0 amide bonds. The Labute approximate surface area is 123 Å². The summed E-state index contributed by atoms with van der Waals surface area (Å²) in [5.74, 6) is 0. The normalized spacial score (nSPS) is 16.5. The molecule has 1 saturated carbocycles. The van der Waals surface area contributed by atoms with Gasteiger partial charge in [0.1, 0.15) is 5.69 Å². The number of sulfonamides is 1. The summed E-state index contributed by atoms with van der Waals surface area (Å²) >= 11 is 0. The molecule has 0 bridgehead atoms. The van der Waals surface area contributed by atoms with E-state index in [4.69, 9.17) is 5.73 Å². The molecule has 0 aromatic heterocycles. The number of nitrogens with zero attached hydrogens (tertiary/aromatic N) is 2. The third-order valence-electron chi connectivity index (χ3n) is 4.02. The number of anilines is 1. The number of benzene rings is 1. The van der Waals surface area contributed by atoms with Crippen molar-refractivity contribution in [3.8, 4) is 0 Å². The van der Waals surface area contributed by atoms with Gasteiger partial charge in [-0.1, -0.05) is 12.8 Å². The Morgan fingerprint density at radius 2 is 1.90 bits per heavy atom. The molecule has 1 aromatic carbocycles. The average molecular weight is 313 g/mol. The molecule has 2 rings (SSSR count). The molecule has 1 aliphatic rings. The molecular formula is C13H19N3O4S. The molecule has 0 saturated heterocycles. The topological polar surface area (TPSA) is 107 Å². The summed E-state index contributed by atoms with van der Waals surface area (Å²) in [4.78, 5) is 10.2. The molecule has 2 N–H and O–H groups in total. The van der Waals surface area contributed by atoms with Crippen molar-refractivity contribution in [3.63, 3.8) is 0 Å². The zero-order chi connectivity index (χ0) is 15.8. The predicted molar refractivity (Wildman–Crippen MR) is 79.5 cm³/mol. The van der Waals surface area contributed by atoms with Crippen molar-refractivity contribution >= 4 is 21.4 Å². The number of aryl methyl sites for hydroxylation is 1. The first kappa shape index (κ1) is 15.7. The Morgan fingerprint density at radius 1 is 1.33 bits per heavy atom. The summed E-state index contributed by atoms with van der Waals surface area (Å²) in [7, 11) is -2.22. The van der Waals surface area contributed by atoms with Crippen molar-refractivity contribution in [2.24, 2.45) is 0 Å². The lowest BCUT2D eigenvalue weighted by atomic mass is 10.2.